The third-order valence-electron chi connectivity index (χ3n) is 5.45. The maximum absolute atomic E-state index is 9.28. The van der Waals surface area contributed by atoms with Gasteiger partial charge in [0.25, 0.3) is 0 Å². The molecule has 144 valence electrons. The molecule has 0 spiro atoms. The van der Waals surface area contributed by atoms with E-state index in [1.807, 2.05) is 36.7 Å². The molecule has 1 aromatic heterocycles. The Bertz CT molecular complexity index is 1410. The number of hydrogen-bond donors (Lipinski definition) is 0. The van der Waals surface area contributed by atoms with Gasteiger partial charge in [-0.25, -0.2) is 4.98 Å². The van der Waals surface area contributed by atoms with Crippen molar-refractivity contribution in [1.82, 2.24) is 9.55 Å². The minimum atomic E-state index is 0.550. The second-order valence-electron chi connectivity index (χ2n) is 7.28. The molecule has 4 heteroatoms. The van der Waals surface area contributed by atoms with Crippen LogP contribution in [0.1, 0.15) is 11.1 Å². The number of nitrogens with zero attached hydrogens (tertiary/aromatic N) is 3. The summed E-state index contributed by atoms with van der Waals surface area (Å²) in [5, 5.41) is 11.4. The lowest BCUT2D eigenvalue weighted by molar-refractivity contribution is 0.414. The Morgan fingerprint density at radius 3 is 2.50 bits per heavy atom. The van der Waals surface area contributed by atoms with E-state index in [0.717, 1.165) is 39.5 Å². The summed E-state index contributed by atoms with van der Waals surface area (Å²) in [7, 11) is 1.59. The molecule has 5 rings (SSSR count). The number of nitriles is 1. The van der Waals surface area contributed by atoms with Crippen LogP contribution in [0.3, 0.4) is 0 Å². The third-order valence-corrected chi connectivity index (χ3v) is 5.45. The number of para-hydroxylation sites is 2. The molecule has 0 bridgehead atoms. The van der Waals surface area contributed by atoms with Crippen LogP contribution in [0.5, 0.6) is 5.75 Å². The van der Waals surface area contributed by atoms with Crippen LogP contribution in [0, 0.1) is 11.3 Å². The van der Waals surface area contributed by atoms with E-state index < -0.39 is 0 Å². The van der Waals surface area contributed by atoms with Crippen LogP contribution in [-0.2, 0) is 6.54 Å². The van der Waals surface area contributed by atoms with Crippen LogP contribution >= 0.6 is 0 Å². The Hall–Kier alpha value is -4.10. The molecule has 5 aromatic rings. The summed E-state index contributed by atoms with van der Waals surface area (Å²) < 4.78 is 7.52. The van der Waals surface area contributed by atoms with Gasteiger partial charge in [-0.3, -0.25) is 0 Å². The first-order valence-corrected chi connectivity index (χ1v) is 9.76. The molecule has 0 aliphatic carbocycles. The highest BCUT2D eigenvalue weighted by Crippen LogP contribution is 2.30. The summed E-state index contributed by atoms with van der Waals surface area (Å²) >= 11 is 0. The molecule has 0 saturated heterocycles. The predicted molar refractivity (Wildman–Crippen MR) is 119 cm³/mol. The molecule has 4 nitrogen and oxygen atoms in total. The number of benzene rings is 4. The van der Waals surface area contributed by atoms with Crippen molar-refractivity contribution in [3.63, 3.8) is 0 Å². The number of methoxy groups -OCH3 is 1. The number of fused-ring (bicyclic) bond motifs is 2. The number of imidazole rings is 1. The van der Waals surface area contributed by atoms with Crippen LogP contribution in [0.4, 0.5) is 0 Å². The molecule has 1 heterocycles. The van der Waals surface area contributed by atoms with E-state index in [0.29, 0.717) is 11.3 Å². The maximum atomic E-state index is 9.28. The molecule has 0 atom stereocenters. The highest BCUT2D eigenvalue weighted by atomic mass is 16.5. The van der Waals surface area contributed by atoms with Crippen molar-refractivity contribution in [2.75, 3.05) is 7.11 Å². The fraction of sp³-hybridized carbons (Fsp3) is 0.0769. The van der Waals surface area contributed by atoms with E-state index >= 15 is 0 Å². The molecule has 0 radical (unpaired) electrons. The first-order valence-electron chi connectivity index (χ1n) is 9.76. The minimum Gasteiger partial charge on any atom is -0.495 e. The SMILES string of the molecule is COc1cc2cc(-c3ccc(Cn4cnc5ccccc54)cc3)ccc2cc1C#N. The lowest BCUT2D eigenvalue weighted by Crippen LogP contribution is -1.97. The second kappa shape index (κ2) is 7.38. The fourth-order valence-electron chi connectivity index (χ4n) is 3.85. The molecule has 4 aromatic carbocycles. The summed E-state index contributed by atoms with van der Waals surface area (Å²) in [4.78, 5) is 4.47. The zero-order valence-corrected chi connectivity index (χ0v) is 16.5. The van der Waals surface area contributed by atoms with Crippen LogP contribution in [0.15, 0.2) is 85.2 Å². The van der Waals surface area contributed by atoms with Crippen molar-refractivity contribution in [3.8, 4) is 22.9 Å². The molecule has 0 amide bonds. The molecular weight excluding hydrogens is 370 g/mol. The topological polar surface area (TPSA) is 50.8 Å². The number of rotatable bonds is 4. The van der Waals surface area contributed by atoms with Crippen molar-refractivity contribution < 1.29 is 4.74 Å². The van der Waals surface area contributed by atoms with Gasteiger partial charge >= 0.3 is 0 Å². The summed E-state index contributed by atoms with van der Waals surface area (Å²) in [5.41, 5.74) is 6.22. The fourth-order valence-corrected chi connectivity index (χ4v) is 3.85. The Morgan fingerprint density at radius 2 is 1.70 bits per heavy atom. The molecule has 30 heavy (non-hydrogen) atoms. The zero-order valence-electron chi connectivity index (χ0n) is 16.5. The number of hydrogen-bond acceptors (Lipinski definition) is 3. The Balaban J connectivity index is 1.45. The largest absolute Gasteiger partial charge is 0.495 e. The standard InChI is InChI=1S/C26H19N3O/c1-30-26-14-22-12-20(10-11-21(22)13-23(26)15-27)19-8-6-18(7-9-19)16-29-17-28-24-4-2-3-5-25(24)29/h2-14,17H,16H2,1H3. The van der Waals surface area contributed by atoms with Gasteiger partial charge in [0.05, 0.1) is 30.0 Å². The van der Waals surface area contributed by atoms with Gasteiger partial charge in [0.1, 0.15) is 11.8 Å². The minimum absolute atomic E-state index is 0.550. The van der Waals surface area contributed by atoms with Gasteiger partial charge in [-0.15, -0.1) is 0 Å². The first kappa shape index (κ1) is 18.0. The van der Waals surface area contributed by atoms with Gasteiger partial charge in [-0.1, -0.05) is 48.5 Å². The molecule has 0 fully saturated rings. The van der Waals surface area contributed by atoms with E-state index in [1.165, 1.54) is 5.56 Å². The van der Waals surface area contributed by atoms with Gasteiger partial charge in [-0.05, 0) is 57.8 Å². The van der Waals surface area contributed by atoms with Crippen molar-refractivity contribution in [1.29, 1.82) is 5.26 Å². The highest BCUT2D eigenvalue weighted by Gasteiger charge is 2.07. The van der Waals surface area contributed by atoms with Crippen molar-refractivity contribution in [2.45, 2.75) is 6.54 Å². The highest BCUT2D eigenvalue weighted by molar-refractivity contribution is 5.90. The summed E-state index contributed by atoms with van der Waals surface area (Å²) in [6.07, 6.45) is 1.89. The van der Waals surface area contributed by atoms with Gasteiger partial charge in [0.15, 0.2) is 0 Å². The van der Waals surface area contributed by atoms with E-state index in [9.17, 15) is 5.26 Å². The van der Waals surface area contributed by atoms with Crippen molar-refractivity contribution in [2.24, 2.45) is 0 Å². The Morgan fingerprint density at radius 1 is 0.900 bits per heavy atom. The van der Waals surface area contributed by atoms with Crippen molar-refractivity contribution in [3.05, 3.63) is 96.3 Å². The van der Waals surface area contributed by atoms with Crippen LogP contribution < -0.4 is 4.74 Å². The normalized spacial score (nSPS) is 10.9. The molecule has 0 unspecified atom stereocenters. The van der Waals surface area contributed by atoms with Crippen LogP contribution in [-0.4, -0.2) is 16.7 Å². The molecule has 0 saturated carbocycles. The Kier molecular flexibility index (Phi) is 4.42. The second-order valence-corrected chi connectivity index (χ2v) is 7.28. The number of ether oxygens (including phenoxy) is 1. The summed E-state index contributed by atoms with van der Waals surface area (Å²) in [6, 6.07) is 29.1. The monoisotopic (exact) mass is 389 g/mol. The van der Waals surface area contributed by atoms with Gasteiger partial charge < -0.3 is 9.30 Å². The first-order chi connectivity index (χ1) is 14.7. The van der Waals surface area contributed by atoms with E-state index in [2.05, 4.69) is 64.2 Å². The average Bonchev–Trinajstić information content (AvgIpc) is 3.21. The average molecular weight is 389 g/mol. The molecule has 0 aliphatic rings. The molecule has 0 aliphatic heterocycles. The third kappa shape index (κ3) is 3.17. The van der Waals surface area contributed by atoms with Gasteiger partial charge in [-0.2, -0.15) is 5.26 Å². The summed E-state index contributed by atoms with van der Waals surface area (Å²) in [5.74, 6) is 0.602. The lowest BCUT2D eigenvalue weighted by Gasteiger charge is -2.09. The quantitative estimate of drug-likeness (QED) is 0.391. The Labute approximate surface area is 174 Å². The van der Waals surface area contributed by atoms with E-state index in [1.54, 1.807) is 7.11 Å². The van der Waals surface area contributed by atoms with Crippen molar-refractivity contribution >= 4 is 21.8 Å². The van der Waals surface area contributed by atoms with Crippen LogP contribution in [0.2, 0.25) is 0 Å². The van der Waals surface area contributed by atoms with E-state index in [-0.39, 0.29) is 0 Å². The van der Waals surface area contributed by atoms with E-state index in [4.69, 9.17) is 4.74 Å². The van der Waals surface area contributed by atoms with Crippen LogP contribution in [0.25, 0.3) is 32.9 Å². The maximum Gasteiger partial charge on any atom is 0.137 e. The number of aromatic nitrogens is 2. The summed E-state index contributed by atoms with van der Waals surface area (Å²) in [6.45, 7) is 0.784. The lowest BCUT2D eigenvalue weighted by atomic mass is 9.99. The molecule has 0 N–H and O–H groups in total. The molecular formula is C26H19N3O. The zero-order chi connectivity index (χ0) is 20.5. The predicted octanol–water partition coefficient (Wildman–Crippen LogP) is 5.79. The van der Waals surface area contributed by atoms with Gasteiger partial charge in [0, 0.05) is 6.54 Å². The van der Waals surface area contributed by atoms with Gasteiger partial charge in [0.2, 0.25) is 0 Å². The smallest absolute Gasteiger partial charge is 0.137 e.